The number of carbonyl (C=O) groups is 2. The number of likely N-dealkylation sites (tertiary alicyclic amines) is 1. The zero-order chi connectivity index (χ0) is 19.2. The van der Waals surface area contributed by atoms with Gasteiger partial charge in [0.15, 0.2) is 6.61 Å². The predicted molar refractivity (Wildman–Crippen MR) is 100 cm³/mol. The Morgan fingerprint density at radius 1 is 1.19 bits per heavy atom. The summed E-state index contributed by atoms with van der Waals surface area (Å²) in [5.74, 6) is -0.897. The molecular weight excluding hydrogens is 349 g/mol. The van der Waals surface area contributed by atoms with Crippen molar-refractivity contribution in [1.82, 2.24) is 4.90 Å². The third-order valence-electron chi connectivity index (χ3n) is 4.37. The van der Waals surface area contributed by atoms with Crippen LogP contribution in [-0.4, -0.2) is 42.5 Å². The quantitative estimate of drug-likeness (QED) is 0.845. The average Bonchev–Trinajstić information content (AvgIpc) is 2.68. The van der Waals surface area contributed by atoms with Crippen LogP contribution < -0.4 is 15.8 Å². The highest BCUT2D eigenvalue weighted by Crippen LogP contribution is 2.22. The molecule has 1 heterocycles. The highest BCUT2D eigenvalue weighted by molar-refractivity contribution is 5.97. The molecule has 0 radical (unpaired) electrons. The van der Waals surface area contributed by atoms with Gasteiger partial charge in [-0.25, -0.2) is 4.39 Å². The van der Waals surface area contributed by atoms with Crippen molar-refractivity contribution < 1.29 is 18.7 Å². The maximum absolute atomic E-state index is 13.6. The first-order valence-electron chi connectivity index (χ1n) is 8.85. The van der Waals surface area contributed by atoms with E-state index in [0.29, 0.717) is 24.4 Å². The number of anilines is 1. The first kappa shape index (κ1) is 18.8. The molecule has 2 aromatic rings. The van der Waals surface area contributed by atoms with Gasteiger partial charge in [0.25, 0.3) is 11.8 Å². The molecule has 0 saturated carbocycles. The van der Waals surface area contributed by atoms with Crippen LogP contribution in [0, 0.1) is 5.82 Å². The SMILES string of the molecule is NC1CCCN(C(=O)c2ccccc2OCC(=O)Nc2ccccc2F)C1. The summed E-state index contributed by atoms with van der Waals surface area (Å²) in [4.78, 5) is 26.5. The minimum absolute atomic E-state index is 0.0256. The third kappa shape index (κ3) is 4.83. The molecule has 1 unspecified atom stereocenters. The molecule has 2 aromatic carbocycles. The van der Waals surface area contributed by atoms with Gasteiger partial charge in [0.1, 0.15) is 11.6 Å². The fraction of sp³-hybridized carbons (Fsp3) is 0.300. The molecule has 27 heavy (non-hydrogen) atoms. The second kappa shape index (κ2) is 8.64. The van der Waals surface area contributed by atoms with Gasteiger partial charge >= 0.3 is 0 Å². The first-order chi connectivity index (χ1) is 13.0. The van der Waals surface area contributed by atoms with Crippen molar-refractivity contribution >= 4 is 17.5 Å². The van der Waals surface area contributed by atoms with Crippen molar-refractivity contribution in [3.63, 3.8) is 0 Å². The monoisotopic (exact) mass is 371 g/mol. The molecule has 6 nitrogen and oxygen atoms in total. The molecule has 3 N–H and O–H groups in total. The van der Waals surface area contributed by atoms with Gasteiger partial charge in [-0.1, -0.05) is 24.3 Å². The topological polar surface area (TPSA) is 84.7 Å². The largest absolute Gasteiger partial charge is 0.483 e. The van der Waals surface area contributed by atoms with Gasteiger partial charge in [-0.05, 0) is 37.1 Å². The van der Waals surface area contributed by atoms with E-state index < -0.39 is 11.7 Å². The number of para-hydroxylation sites is 2. The Hall–Kier alpha value is -2.93. The highest BCUT2D eigenvalue weighted by Gasteiger charge is 2.24. The lowest BCUT2D eigenvalue weighted by molar-refractivity contribution is -0.118. The number of rotatable bonds is 5. The van der Waals surface area contributed by atoms with E-state index in [1.807, 2.05) is 0 Å². The highest BCUT2D eigenvalue weighted by atomic mass is 19.1. The molecule has 142 valence electrons. The van der Waals surface area contributed by atoms with Gasteiger partial charge in [0.05, 0.1) is 11.3 Å². The molecule has 0 aliphatic carbocycles. The van der Waals surface area contributed by atoms with Crippen LogP contribution in [0.4, 0.5) is 10.1 Å². The summed E-state index contributed by atoms with van der Waals surface area (Å²) in [6, 6.07) is 12.6. The zero-order valence-electron chi connectivity index (χ0n) is 14.9. The normalized spacial score (nSPS) is 16.7. The van der Waals surface area contributed by atoms with Crippen molar-refractivity contribution in [2.45, 2.75) is 18.9 Å². The van der Waals surface area contributed by atoms with Crippen molar-refractivity contribution in [3.05, 3.63) is 59.9 Å². The van der Waals surface area contributed by atoms with Gasteiger partial charge in [0, 0.05) is 19.1 Å². The zero-order valence-corrected chi connectivity index (χ0v) is 14.9. The van der Waals surface area contributed by atoms with Crippen molar-refractivity contribution in [2.75, 3.05) is 25.0 Å². The molecule has 1 saturated heterocycles. The van der Waals surface area contributed by atoms with Crippen LogP contribution in [0.5, 0.6) is 5.75 Å². The lowest BCUT2D eigenvalue weighted by atomic mass is 10.0. The molecule has 1 aliphatic rings. The minimum Gasteiger partial charge on any atom is -0.483 e. The van der Waals surface area contributed by atoms with Gasteiger partial charge in [-0.3, -0.25) is 9.59 Å². The number of nitrogens with two attached hydrogens (primary N) is 1. The number of benzene rings is 2. The van der Waals surface area contributed by atoms with E-state index in [4.69, 9.17) is 10.5 Å². The fourth-order valence-electron chi connectivity index (χ4n) is 3.03. The number of halogens is 1. The van der Waals surface area contributed by atoms with E-state index in [2.05, 4.69) is 5.32 Å². The van der Waals surface area contributed by atoms with E-state index in [9.17, 15) is 14.0 Å². The van der Waals surface area contributed by atoms with Crippen molar-refractivity contribution in [2.24, 2.45) is 5.73 Å². The lowest BCUT2D eigenvalue weighted by Gasteiger charge is -2.31. The molecule has 1 aliphatic heterocycles. The molecule has 0 spiro atoms. The Balaban J connectivity index is 1.64. The average molecular weight is 371 g/mol. The Bertz CT molecular complexity index is 828. The number of nitrogens with one attached hydrogen (secondary N) is 1. The van der Waals surface area contributed by atoms with E-state index in [1.54, 1.807) is 35.2 Å². The summed E-state index contributed by atoms with van der Waals surface area (Å²) in [5, 5.41) is 2.45. The summed E-state index contributed by atoms with van der Waals surface area (Å²) in [5.41, 5.74) is 6.42. The second-order valence-electron chi connectivity index (χ2n) is 6.47. The van der Waals surface area contributed by atoms with Gasteiger partial charge < -0.3 is 20.7 Å². The summed E-state index contributed by atoms with van der Waals surface area (Å²) in [6.07, 6.45) is 1.76. The molecule has 0 aromatic heterocycles. The molecular formula is C20H22FN3O3. The first-order valence-corrected chi connectivity index (χ1v) is 8.85. The van der Waals surface area contributed by atoms with Crippen LogP contribution in [0.1, 0.15) is 23.2 Å². The maximum atomic E-state index is 13.6. The lowest BCUT2D eigenvalue weighted by Crippen LogP contribution is -2.45. The van der Waals surface area contributed by atoms with Crippen molar-refractivity contribution in [1.29, 1.82) is 0 Å². The van der Waals surface area contributed by atoms with Gasteiger partial charge in [-0.2, -0.15) is 0 Å². The molecule has 0 bridgehead atoms. The summed E-state index contributed by atoms with van der Waals surface area (Å²) in [7, 11) is 0. The maximum Gasteiger partial charge on any atom is 0.262 e. The molecule has 1 fully saturated rings. The molecule has 3 rings (SSSR count). The van der Waals surface area contributed by atoms with Crippen molar-refractivity contribution in [3.8, 4) is 5.75 Å². The van der Waals surface area contributed by atoms with Gasteiger partial charge in [-0.15, -0.1) is 0 Å². The molecule has 2 amide bonds. The van der Waals surface area contributed by atoms with E-state index in [0.717, 1.165) is 12.8 Å². The fourth-order valence-corrected chi connectivity index (χ4v) is 3.03. The van der Waals surface area contributed by atoms with Gasteiger partial charge in [0.2, 0.25) is 0 Å². The summed E-state index contributed by atoms with van der Waals surface area (Å²) >= 11 is 0. The number of hydrogen-bond donors (Lipinski definition) is 2. The smallest absolute Gasteiger partial charge is 0.262 e. The number of nitrogens with zero attached hydrogens (tertiary/aromatic N) is 1. The Kier molecular flexibility index (Phi) is 6.03. The minimum atomic E-state index is -0.525. The molecule has 1 atom stereocenters. The second-order valence-corrected chi connectivity index (χ2v) is 6.47. The summed E-state index contributed by atoms with van der Waals surface area (Å²) in [6.45, 7) is 0.813. The number of piperidine rings is 1. The van der Waals surface area contributed by atoms with Crippen LogP contribution in [0.3, 0.4) is 0 Å². The van der Waals surface area contributed by atoms with E-state index >= 15 is 0 Å². The number of ether oxygens (including phenoxy) is 1. The Morgan fingerprint density at radius 3 is 2.70 bits per heavy atom. The van der Waals surface area contributed by atoms with E-state index in [1.165, 1.54) is 18.2 Å². The molecule has 7 heteroatoms. The Labute approximate surface area is 157 Å². The standard InChI is InChI=1S/C20H22FN3O3/c21-16-8-2-3-9-17(16)23-19(25)13-27-18-10-4-1-7-15(18)20(26)24-11-5-6-14(22)12-24/h1-4,7-10,14H,5-6,11-13,22H2,(H,23,25). The number of amides is 2. The van der Waals surface area contributed by atoms with Crippen LogP contribution >= 0.6 is 0 Å². The summed E-state index contributed by atoms with van der Waals surface area (Å²) < 4.78 is 19.1. The van der Waals surface area contributed by atoms with Crippen LogP contribution in [0.25, 0.3) is 0 Å². The van der Waals surface area contributed by atoms with E-state index in [-0.39, 0.29) is 24.2 Å². The van der Waals surface area contributed by atoms with Crippen LogP contribution in [-0.2, 0) is 4.79 Å². The number of carbonyl (C=O) groups excluding carboxylic acids is 2. The van der Waals surface area contributed by atoms with Crippen LogP contribution in [0.15, 0.2) is 48.5 Å². The third-order valence-corrected chi connectivity index (χ3v) is 4.37. The van der Waals surface area contributed by atoms with Crippen LogP contribution in [0.2, 0.25) is 0 Å². The Morgan fingerprint density at radius 2 is 1.93 bits per heavy atom. The predicted octanol–water partition coefficient (Wildman–Crippen LogP) is 2.41. The number of hydrogen-bond acceptors (Lipinski definition) is 4.